The molecule has 3 aromatic rings. The largest absolute Gasteiger partial charge is 0.383 e. The third-order valence-electron chi connectivity index (χ3n) is 5.14. The topological polar surface area (TPSA) is 92.2 Å². The second-order valence-corrected chi connectivity index (χ2v) is 6.93. The second kappa shape index (κ2) is 8.32. The molecule has 1 aliphatic rings. The van der Waals surface area contributed by atoms with Crippen molar-refractivity contribution in [1.29, 1.82) is 0 Å². The van der Waals surface area contributed by atoms with Crippen LogP contribution in [0, 0.1) is 0 Å². The summed E-state index contributed by atoms with van der Waals surface area (Å²) in [4.78, 5) is 27.4. The Morgan fingerprint density at radius 1 is 1.28 bits per heavy atom. The van der Waals surface area contributed by atoms with E-state index in [4.69, 9.17) is 4.74 Å². The van der Waals surface area contributed by atoms with E-state index in [1.807, 2.05) is 53.2 Å². The van der Waals surface area contributed by atoms with Crippen LogP contribution in [0.4, 0.5) is 0 Å². The van der Waals surface area contributed by atoms with Gasteiger partial charge in [0.2, 0.25) is 0 Å². The Kier molecular flexibility index (Phi) is 5.44. The minimum atomic E-state index is -0.227. The summed E-state index contributed by atoms with van der Waals surface area (Å²) in [5.74, 6) is -0.277. The van der Waals surface area contributed by atoms with Gasteiger partial charge in [0.25, 0.3) is 11.8 Å². The molecular weight excluding hydrogens is 370 g/mol. The fourth-order valence-corrected chi connectivity index (χ4v) is 3.64. The third kappa shape index (κ3) is 3.79. The first-order chi connectivity index (χ1) is 14.2. The van der Waals surface area contributed by atoms with Gasteiger partial charge in [-0.2, -0.15) is 5.10 Å². The molecule has 2 aromatic heterocycles. The van der Waals surface area contributed by atoms with Crippen molar-refractivity contribution in [1.82, 2.24) is 25.0 Å². The highest BCUT2D eigenvalue weighted by molar-refractivity contribution is 5.99. The van der Waals surface area contributed by atoms with Crippen LogP contribution in [0.25, 0.3) is 11.3 Å². The van der Waals surface area contributed by atoms with Crippen LogP contribution in [0.3, 0.4) is 0 Å². The molecule has 150 valence electrons. The highest BCUT2D eigenvalue weighted by Gasteiger charge is 2.32. The molecule has 1 unspecified atom stereocenters. The van der Waals surface area contributed by atoms with Gasteiger partial charge < -0.3 is 19.5 Å². The van der Waals surface area contributed by atoms with E-state index < -0.39 is 0 Å². The van der Waals surface area contributed by atoms with Crippen LogP contribution in [0.5, 0.6) is 0 Å². The number of nitrogens with one attached hydrogen (secondary N) is 2. The van der Waals surface area contributed by atoms with E-state index in [-0.39, 0.29) is 17.9 Å². The van der Waals surface area contributed by atoms with Crippen LogP contribution >= 0.6 is 0 Å². The summed E-state index contributed by atoms with van der Waals surface area (Å²) in [5, 5.41) is 9.90. The van der Waals surface area contributed by atoms with Crippen LogP contribution in [0.2, 0.25) is 0 Å². The van der Waals surface area contributed by atoms with E-state index in [2.05, 4.69) is 15.5 Å². The van der Waals surface area contributed by atoms with Crippen LogP contribution < -0.4 is 5.32 Å². The van der Waals surface area contributed by atoms with Gasteiger partial charge in [-0.1, -0.05) is 30.3 Å². The number of nitrogens with zero attached hydrogens (tertiary/aromatic N) is 3. The summed E-state index contributed by atoms with van der Waals surface area (Å²) in [7, 11) is 1.61. The van der Waals surface area contributed by atoms with Gasteiger partial charge in [-0.3, -0.25) is 14.7 Å². The average Bonchev–Trinajstić information content (AvgIpc) is 3.42. The van der Waals surface area contributed by atoms with Crippen LogP contribution in [-0.2, 0) is 11.3 Å². The normalized spacial score (nSPS) is 16.0. The number of aromatic nitrogens is 3. The van der Waals surface area contributed by atoms with E-state index in [1.54, 1.807) is 12.0 Å². The Bertz CT molecular complexity index is 995. The lowest BCUT2D eigenvalue weighted by molar-refractivity contribution is 0.0504. The SMILES string of the molecule is COCCN1C(=O)c2cccn2CC1CNC(=O)c1cn[nH]c1-c1ccccc1. The fourth-order valence-electron chi connectivity index (χ4n) is 3.64. The third-order valence-corrected chi connectivity index (χ3v) is 5.14. The van der Waals surface area contributed by atoms with Gasteiger partial charge in [0, 0.05) is 38.5 Å². The summed E-state index contributed by atoms with van der Waals surface area (Å²) in [5.41, 5.74) is 2.70. The lowest BCUT2D eigenvalue weighted by Crippen LogP contribution is -2.53. The number of fused-ring (bicyclic) bond motifs is 1. The lowest BCUT2D eigenvalue weighted by atomic mass is 10.1. The van der Waals surface area contributed by atoms with E-state index in [0.29, 0.717) is 43.2 Å². The number of hydrogen-bond donors (Lipinski definition) is 2. The van der Waals surface area contributed by atoms with E-state index in [9.17, 15) is 9.59 Å². The number of hydrogen-bond acceptors (Lipinski definition) is 4. The number of H-pyrrole nitrogens is 1. The van der Waals surface area contributed by atoms with E-state index in [1.165, 1.54) is 6.20 Å². The number of carbonyl (C=O) groups is 2. The summed E-state index contributed by atoms with van der Waals surface area (Å²) >= 11 is 0. The Morgan fingerprint density at radius 3 is 2.90 bits per heavy atom. The number of carbonyl (C=O) groups excluding carboxylic acids is 2. The van der Waals surface area contributed by atoms with E-state index >= 15 is 0 Å². The van der Waals surface area contributed by atoms with Crippen molar-refractivity contribution in [2.45, 2.75) is 12.6 Å². The molecule has 3 heterocycles. The first kappa shape index (κ1) is 18.9. The van der Waals surface area contributed by atoms with Crippen LogP contribution in [0.15, 0.2) is 54.9 Å². The molecule has 8 nitrogen and oxygen atoms in total. The Balaban J connectivity index is 1.49. The molecular formula is C21H23N5O3. The van der Waals surface area contributed by atoms with Crippen molar-refractivity contribution in [3.8, 4) is 11.3 Å². The number of methoxy groups -OCH3 is 1. The fraction of sp³-hybridized carbons (Fsp3) is 0.286. The van der Waals surface area contributed by atoms with Gasteiger partial charge in [0.1, 0.15) is 5.69 Å². The quantitative estimate of drug-likeness (QED) is 0.640. The highest BCUT2D eigenvalue weighted by atomic mass is 16.5. The molecule has 0 fully saturated rings. The Hall–Kier alpha value is -3.39. The minimum Gasteiger partial charge on any atom is -0.383 e. The smallest absolute Gasteiger partial charge is 0.270 e. The van der Waals surface area contributed by atoms with Crippen molar-refractivity contribution < 1.29 is 14.3 Å². The monoisotopic (exact) mass is 393 g/mol. The predicted molar refractivity (Wildman–Crippen MR) is 107 cm³/mol. The Morgan fingerprint density at radius 2 is 2.10 bits per heavy atom. The molecule has 1 atom stereocenters. The van der Waals surface area contributed by atoms with Crippen molar-refractivity contribution >= 4 is 11.8 Å². The molecule has 0 saturated carbocycles. The first-order valence-corrected chi connectivity index (χ1v) is 9.51. The van der Waals surface area contributed by atoms with E-state index in [0.717, 1.165) is 5.56 Å². The average molecular weight is 393 g/mol. The van der Waals surface area contributed by atoms with Crippen molar-refractivity contribution in [2.75, 3.05) is 26.8 Å². The molecule has 0 spiro atoms. The molecule has 1 aromatic carbocycles. The van der Waals surface area contributed by atoms with Gasteiger partial charge in [0.05, 0.1) is 30.1 Å². The maximum atomic E-state index is 12.8. The summed E-state index contributed by atoms with van der Waals surface area (Å²) in [6.45, 7) is 1.87. The number of ether oxygens (including phenoxy) is 1. The zero-order chi connectivity index (χ0) is 20.2. The number of benzene rings is 1. The van der Waals surface area contributed by atoms with Gasteiger partial charge in [-0.25, -0.2) is 0 Å². The predicted octanol–water partition coefficient (Wildman–Crippen LogP) is 1.78. The molecule has 0 aliphatic carbocycles. The molecule has 0 bridgehead atoms. The zero-order valence-corrected chi connectivity index (χ0v) is 16.2. The molecule has 29 heavy (non-hydrogen) atoms. The molecule has 0 saturated heterocycles. The summed E-state index contributed by atoms with van der Waals surface area (Å²) < 4.78 is 7.09. The van der Waals surface area contributed by atoms with Crippen molar-refractivity contribution in [2.24, 2.45) is 0 Å². The molecule has 1 aliphatic heterocycles. The van der Waals surface area contributed by atoms with Crippen molar-refractivity contribution in [3.63, 3.8) is 0 Å². The second-order valence-electron chi connectivity index (χ2n) is 6.93. The van der Waals surface area contributed by atoms with Gasteiger partial charge in [-0.15, -0.1) is 0 Å². The highest BCUT2D eigenvalue weighted by Crippen LogP contribution is 2.21. The minimum absolute atomic E-state index is 0.0502. The molecule has 0 radical (unpaired) electrons. The summed E-state index contributed by atoms with van der Waals surface area (Å²) in [6, 6.07) is 13.1. The molecule has 8 heteroatoms. The molecule has 2 N–H and O–H groups in total. The van der Waals surface area contributed by atoms with Crippen LogP contribution in [0.1, 0.15) is 20.8 Å². The zero-order valence-electron chi connectivity index (χ0n) is 16.2. The summed E-state index contributed by atoms with van der Waals surface area (Å²) in [6.07, 6.45) is 3.41. The van der Waals surface area contributed by atoms with Crippen molar-refractivity contribution in [3.05, 3.63) is 66.1 Å². The first-order valence-electron chi connectivity index (χ1n) is 9.51. The van der Waals surface area contributed by atoms with Gasteiger partial charge in [-0.05, 0) is 12.1 Å². The van der Waals surface area contributed by atoms with Crippen LogP contribution in [-0.4, -0.2) is 64.3 Å². The van der Waals surface area contributed by atoms with Gasteiger partial charge in [0.15, 0.2) is 0 Å². The standard InChI is InChI=1S/C21H23N5O3/c1-29-11-10-26-16(14-25-9-5-8-18(25)21(26)28)12-22-20(27)17-13-23-24-19(17)15-6-3-2-4-7-15/h2-9,13,16H,10-12,14H2,1H3,(H,22,27)(H,23,24). The number of amides is 2. The maximum Gasteiger partial charge on any atom is 0.270 e. The van der Waals surface area contributed by atoms with Gasteiger partial charge >= 0.3 is 0 Å². The lowest BCUT2D eigenvalue weighted by Gasteiger charge is -2.36. The number of rotatable bonds is 7. The maximum absolute atomic E-state index is 12.8. The Labute approximate surface area is 168 Å². The number of aromatic amines is 1. The molecule has 2 amide bonds. The molecule has 4 rings (SSSR count).